The van der Waals surface area contributed by atoms with Crippen molar-refractivity contribution in [3.8, 4) is 5.75 Å². The largest absolute Gasteiger partial charge is 0.494 e. The Balaban J connectivity index is 1.39. The van der Waals surface area contributed by atoms with Gasteiger partial charge in [0.15, 0.2) is 5.13 Å². The number of aromatic nitrogens is 1. The molecule has 1 aliphatic heterocycles. The number of nitrogens with zero attached hydrogens (tertiary/aromatic N) is 2. The number of benzene rings is 1. The van der Waals surface area contributed by atoms with Gasteiger partial charge in [-0.2, -0.15) is 0 Å². The molecule has 0 spiro atoms. The van der Waals surface area contributed by atoms with Crippen molar-refractivity contribution in [3.63, 3.8) is 0 Å². The van der Waals surface area contributed by atoms with E-state index in [0.717, 1.165) is 54.7 Å². The van der Waals surface area contributed by atoms with Gasteiger partial charge in [0.05, 0.1) is 18.2 Å². The van der Waals surface area contributed by atoms with Gasteiger partial charge < -0.3 is 15.2 Å². The first kappa shape index (κ1) is 23.5. The van der Waals surface area contributed by atoms with Crippen LogP contribution in [0.3, 0.4) is 0 Å². The summed E-state index contributed by atoms with van der Waals surface area (Å²) in [6.45, 7) is 5.25. The van der Waals surface area contributed by atoms with E-state index in [9.17, 15) is 9.90 Å². The molecule has 1 aliphatic rings. The molecule has 0 aliphatic carbocycles. The zero-order chi connectivity index (χ0) is 21.9. The van der Waals surface area contributed by atoms with Crippen molar-refractivity contribution in [1.29, 1.82) is 0 Å². The zero-order valence-electron chi connectivity index (χ0n) is 18.5. The summed E-state index contributed by atoms with van der Waals surface area (Å²) in [4.78, 5) is 18.1. The Morgan fingerprint density at radius 2 is 2.00 bits per heavy atom. The van der Waals surface area contributed by atoms with Crippen LogP contribution in [-0.2, 0) is 11.3 Å². The van der Waals surface area contributed by atoms with E-state index in [1.165, 1.54) is 32.1 Å². The Morgan fingerprint density at radius 3 is 2.77 bits per heavy atom. The summed E-state index contributed by atoms with van der Waals surface area (Å²) in [5.74, 6) is -0.0477. The highest BCUT2D eigenvalue weighted by molar-refractivity contribution is 7.13. The van der Waals surface area contributed by atoms with Crippen LogP contribution in [0.1, 0.15) is 64.0 Å². The van der Waals surface area contributed by atoms with Crippen LogP contribution in [0.25, 0.3) is 0 Å². The first-order chi connectivity index (χ1) is 15.1. The maximum absolute atomic E-state index is 11.2. The Morgan fingerprint density at radius 1 is 1.23 bits per heavy atom. The van der Waals surface area contributed by atoms with E-state index in [0.29, 0.717) is 13.1 Å². The van der Waals surface area contributed by atoms with Gasteiger partial charge in [0.25, 0.3) is 0 Å². The molecule has 0 amide bonds. The fourth-order valence-corrected chi connectivity index (χ4v) is 4.62. The number of hydrogen-bond acceptors (Lipinski definition) is 6. The molecule has 1 atom stereocenters. The lowest BCUT2D eigenvalue weighted by Gasteiger charge is -2.29. The van der Waals surface area contributed by atoms with Crippen LogP contribution in [0.2, 0.25) is 0 Å². The Hall–Kier alpha value is -2.12. The van der Waals surface area contributed by atoms with Crippen LogP contribution in [0.4, 0.5) is 10.8 Å². The summed E-state index contributed by atoms with van der Waals surface area (Å²) in [5.41, 5.74) is 1.97. The van der Waals surface area contributed by atoms with E-state index in [1.807, 2.05) is 29.6 Å². The average molecular weight is 446 g/mol. The third-order valence-electron chi connectivity index (χ3n) is 5.66. The number of ether oxygens (including phenoxy) is 1. The molecular weight excluding hydrogens is 410 g/mol. The van der Waals surface area contributed by atoms with Gasteiger partial charge in [-0.15, -0.1) is 11.3 Å². The summed E-state index contributed by atoms with van der Waals surface area (Å²) in [5, 5.41) is 15.5. The molecule has 1 saturated heterocycles. The van der Waals surface area contributed by atoms with Crippen LogP contribution >= 0.6 is 11.3 Å². The summed E-state index contributed by atoms with van der Waals surface area (Å²) < 4.78 is 5.84. The van der Waals surface area contributed by atoms with E-state index in [-0.39, 0.29) is 5.92 Å². The standard InChI is InChI=1S/C24H35N3O3S/c1-2-3-4-5-6-7-15-30-22-12-10-20(11-13-22)25-24-26-21(18-31-24)17-27-14-8-9-19(16-27)23(28)29/h10-13,18-19H,2-9,14-17H2,1H3,(H,25,26)(H,28,29). The number of hydrogen-bond donors (Lipinski definition) is 2. The molecule has 0 radical (unpaired) electrons. The minimum absolute atomic E-state index is 0.258. The molecule has 7 heteroatoms. The van der Waals surface area contributed by atoms with Crippen molar-refractivity contribution in [2.75, 3.05) is 25.0 Å². The molecule has 31 heavy (non-hydrogen) atoms. The van der Waals surface area contributed by atoms with Gasteiger partial charge in [-0.1, -0.05) is 39.0 Å². The number of nitrogens with one attached hydrogen (secondary N) is 1. The van der Waals surface area contributed by atoms with Crippen LogP contribution in [0, 0.1) is 5.92 Å². The molecule has 2 aromatic rings. The number of aliphatic carboxylic acids is 1. The van der Waals surface area contributed by atoms with E-state index in [4.69, 9.17) is 4.74 Å². The van der Waals surface area contributed by atoms with Crippen molar-refractivity contribution in [2.24, 2.45) is 5.92 Å². The molecule has 170 valence electrons. The second-order valence-electron chi connectivity index (χ2n) is 8.32. The van der Waals surface area contributed by atoms with Crippen LogP contribution in [-0.4, -0.2) is 40.7 Å². The van der Waals surface area contributed by atoms with E-state index in [2.05, 4.69) is 22.1 Å². The Kier molecular flexibility index (Phi) is 9.62. The molecule has 1 fully saturated rings. The lowest BCUT2D eigenvalue weighted by atomic mass is 9.98. The monoisotopic (exact) mass is 445 g/mol. The highest BCUT2D eigenvalue weighted by Gasteiger charge is 2.25. The molecule has 2 N–H and O–H groups in total. The lowest BCUT2D eigenvalue weighted by Crippen LogP contribution is -2.38. The molecule has 2 heterocycles. The van der Waals surface area contributed by atoms with Crippen LogP contribution in [0.15, 0.2) is 29.6 Å². The summed E-state index contributed by atoms with van der Waals surface area (Å²) in [6.07, 6.45) is 9.29. The maximum Gasteiger partial charge on any atom is 0.307 e. The number of thiazole rings is 1. The highest BCUT2D eigenvalue weighted by atomic mass is 32.1. The number of carboxylic acid groups (broad SMARTS) is 1. The molecular formula is C24H35N3O3S. The SMILES string of the molecule is CCCCCCCCOc1ccc(Nc2nc(CN3CCCC(C(=O)O)C3)cs2)cc1. The van der Waals surface area contributed by atoms with Gasteiger partial charge in [0, 0.05) is 24.2 Å². The van der Waals surface area contributed by atoms with E-state index < -0.39 is 5.97 Å². The third kappa shape index (κ3) is 8.15. The van der Waals surface area contributed by atoms with Gasteiger partial charge >= 0.3 is 5.97 Å². The summed E-state index contributed by atoms with van der Waals surface area (Å²) >= 11 is 1.57. The second kappa shape index (κ2) is 12.7. The minimum Gasteiger partial charge on any atom is -0.494 e. The van der Waals surface area contributed by atoms with Crippen molar-refractivity contribution in [3.05, 3.63) is 35.3 Å². The van der Waals surface area contributed by atoms with Gasteiger partial charge in [-0.05, 0) is 50.1 Å². The summed E-state index contributed by atoms with van der Waals surface area (Å²) in [7, 11) is 0. The number of carbonyl (C=O) groups is 1. The lowest BCUT2D eigenvalue weighted by molar-refractivity contribution is -0.143. The zero-order valence-corrected chi connectivity index (χ0v) is 19.3. The number of likely N-dealkylation sites (tertiary alicyclic amines) is 1. The van der Waals surface area contributed by atoms with Gasteiger partial charge in [-0.3, -0.25) is 9.69 Å². The van der Waals surface area contributed by atoms with Crippen LogP contribution in [0.5, 0.6) is 5.75 Å². The molecule has 1 aromatic heterocycles. The van der Waals surface area contributed by atoms with E-state index in [1.54, 1.807) is 11.3 Å². The summed E-state index contributed by atoms with van der Waals surface area (Å²) in [6, 6.07) is 8.01. The fourth-order valence-electron chi connectivity index (χ4n) is 3.90. The number of piperidine rings is 1. The molecule has 0 bridgehead atoms. The van der Waals surface area contributed by atoms with Crippen molar-refractivity contribution in [1.82, 2.24) is 9.88 Å². The van der Waals surface area contributed by atoms with Crippen molar-refractivity contribution < 1.29 is 14.6 Å². The number of anilines is 2. The Bertz CT molecular complexity index is 794. The highest BCUT2D eigenvalue weighted by Crippen LogP contribution is 2.25. The smallest absolute Gasteiger partial charge is 0.307 e. The first-order valence-corrected chi connectivity index (χ1v) is 12.4. The van der Waals surface area contributed by atoms with Gasteiger partial charge in [-0.25, -0.2) is 4.98 Å². The predicted octanol–water partition coefficient (Wildman–Crippen LogP) is 5.92. The normalized spacial score (nSPS) is 16.9. The number of carboxylic acids is 1. The minimum atomic E-state index is -0.690. The van der Waals surface area contributed by atoms with Crippen molar-refractivity contribution in [2.45, 2.75) is 64.8 Å². The molecule has 1 unspecified atom stereocenters. The maximum atomic E-state index is 11.2. The number of unbranched alkanes of at least 4 members (excludes halogenated alkanes) is 5. The number of rotatable bonds is 13. The molecule has 1 aromatic carbocycles. The van der Waals surface area contributed by atoms with E-state index >= 15 is 0 Å². The molecule has 0 saturated carbocycles. The topological polar surface area (TPSA) is 74.7 Å². The average Bonchev–Trinajstić information content (AvgIpc) is 3.21. The van der Waals surface area contributed by atoms with Gasteiger partial charge in [0.2, 0.25) is 0 Å². The van der Waals surface area contributed by atoms with Crippen molar-refractivity contribution >= 4 is 28.1 Å². The predicted molar refractivity (Wildman–Crippen MR) is 126 cm³/mol. The third-order valence-corrected chi connectivity index (χ3v) is 6.47. The molecule has 3 rings (SSSR count). The first-order valence-electron chi connectivity index (χ1n) is 11.5. The molecule has 6 nitrogen and oxygen atoms in total. The Labute approximate surface area is 189 Å². The quantitative estimate of drug-likeness (QED) is 0.373. The van der Waals surface area contributed by atoms with Crippen LogP contribution < -0.4 is 10.1 Å². The second-order valence-corrected chi connectivity index (χ2v) is 9.18. The van der Waals surface area contributed by atoms with Gasteiger partial charge in [0.1, 0.15) is 5.75 Å². The fraction of sp³-hybridized carbons (Fsp3) is 0.583.